The van der Waals surface area contributed by atoms with Crippen molar-refractivity contribution in [2.24, 2.45) is 17.8 Å². The van der Waals surface area contributed by atoms with Crippen molar-refractivity contribution in [3.63, 3.8) is 0 Å². The lowest BCUT2D eigenvalue weighted by molar-refractivity contribution is -0.279. The molecule has 6 unspecified atom stereocenters. The minimum Gasteiger partial charge on any atom is -0.392 e. The molecule has 3 nitrogen and oxygen atoms in total. The van der Waals surface area contributed by atoms with E-state index in [0.29, 0.717) is 17.8 Å². The van der Waals surface area contributed by atoms with E-state index < -0.39 is 0 Å². The van der Waals surface area contributed by atoms with Crippen LogP contribution in [0.3, 0.4) is 0 Å². The van der Waals surface area contributed by atoms with Gasteiger partial charge in [-0.1, -0.05) is 0 Å². The van der Waals surface area contributed by atoms with Crippen molar-refractivity contribution in [2.75, 3.05) is 6.61 Å². The van der Waals surface area contributed by atoms with Crippen molar-refractivity contribution in [3.05, 3.63) is 0 Å². The van der Waals surface area contributed by atoms with E-state index in [0.717, 1.165) is 13.0 Å². The van der Waals surface area contributed by atoms with Gasteiger partial charge in [-0.05, 0) is 6.42 Å². The summed E-state index contributed by atoms with van der Waals surface area (Å²) in [6.45, 7) is 0.717. The quantitative estimate of drug-likeness (QED) is 0.522. The highest BCUT2D eigenvalue weighted by atomic mass is 16.7. The third-order valence-electron chi connectivity index (χ3n) is 3.96. The second kappa shape index (κ2) is 1.26. The first-order chi connectivity index (χ1) is 5.33. The average molecular weight is 154 g/mol. The van der Waals surface area contributed by atoms with Crippen LogP contribution >= 0.6 is 0 Å². The Labute approximate surface area is 64.3 Å². The second-order valence-corrected chi connectivity index (χ2v) is 4.27. The summed E-state index contributed by atoms with van der Waals surface area (Å²) in [5.41, 5.74) is 0.102. The van der Waals surface area contributed by atoms with Gasteiger partial charge in [0.2, 0.25) is 0 Å². The number of aliphatic hydroxyl groups is 1. The minimum atomic E-state index is -0.132. The summed E-state index contributed by atoms with van der Waals surface area (Å²) in [6.07, 6.45) is 0.990. The molecule has 2 heterocycles. The predicted octanol–water partition coefficient (Wildman–Crippen LogP) is -0.262. The first-order valence-corrected chi connectivity index (χ1v) is 4.30. The molecule has 4 aliphatic rings. The lowest BCUT2D eigenvalue weighted by atomic mass is 9.87. The normalized spacial score (nSPS) is 75.5. The van der Waals surface area contributed by atoms with Gasteiger partial charge in [0, 0.05) is 17.8 Å². The smallest absolute Gasteiger partial charge is 0.164 e. The van der Waals surface area contributed by atoms with Crippen LogP contribution in [0.2, 0.25) is 0 Å². The third kappa shape index (κ3) is 0.367. The molecule has 0 bridgehead atoms. The molecule has 1 N–H and O–H groups in total. The molecule has 2 aliphatic carbocycles. The molecule has 4 fully saturated rings. The van der Waals surface area contributed by atoms with Crippen LogP contribution in [-0.4, -0.2) is 29.7 Å². The van der Waals surface area contributed by atoms with Gasteiger partial charge in [-0.15, -0.1) is 0 Å². The number of aliphatic hydroxyl groups excluding tert-OH is 1. The molecule has 2 aliphatic heterocycles. The SMILES string of the molecule is OC1C2COC3OC4(CC14)C32. The number of hydrogen-bond donors (Lipinski definition) is 1. The van der Waals surface area contributed by atoms with Gasteiger partial charge in [0.25, 0.3) is 0 Å². The Morgan fingerprint density at radius 3 is 3.18 bits per heavy atom. The van der Waals surface area contributed by atoms with Crippen LogP contribution in [0.1, 0.15) is 6.42 Å². The Balaban J connectivity index is 1.85. The van der Waals surface area contributed by atoms with Crippen LogP contribution in [0.15, 0.2) is 0 Å². The summed E-state index contributed by atoms with van der Waals surface area (Å²) in [6, 6.07) is 0. The molecular formula is C8H10O3. The Morgan fingerprint density at radius 1 is 1.45 bits per heavy atom. The minimum absolute atomic E-state index is 0.0437. The topological polar surface area (TPSA) is 38.7 Å². The van der Waals surface area contributed by atoms with Gasteiger partial charge in [-0.25, -0.2) is 0 Å². The Hall–Kier alpha value is -0.120. The zero-order valence-corrected chi connectivity index (χ0v) is 6.06. The van der Waals surface area contributed by atoms with E-state index in [9.17, 15) is 5.11 Å². The zero-order valence-electron chi connectivity index (χ0n) is 6.06. The van der Waals surface area contributed by atoms with Gasteiger partial charge in [0.15, 0.2) is 6.29 Å². The van der Waals surface area contributed by atoms with Crippen molar-refractivity contribution in [3.8, 4) is 0 Å². The fraction of sp³-hybridized carbons (Fsp3) is 1.00. The van der Waals surface area contributed by atoms with Crippen molar-refractivity contribution < 1.29 is 14.6 Å². The lowest BCUT2D eigenvalue weighted by Gasteiger charge is -2.39. The highest BCUT2D eigenvalue weighted by molar-refractivity contribution is 5.27. The average Bonchev–Trinajstić information content (AvgIpc) is 2.56. The highest BCUT2D eigenvalue weighted by Crippen LogP contribution is 2.73. The molecule has 0 amide bonds. The molecule has 0 aromatic carbocycles. The summed E-state index contributed by atoms with van der Waals surface area (Å²) < 4.78 is 11.0. The molecule has 11 heavy (non-hydrogen) atoms. The monoisotopic (exact) mass is 154 g/mol. The van der Waals surface area contributed by atoms with Gasteiger partial charge >= 0.3 is 0 Å². The summed E-state index contributed by atoms with van der Waals surface area (Å²) in [5.74, 6) is 1.40. The molecule has 0 radical (unpaired) electrons. The molecule has 0 aromatic rings. The zero-order chi connectivity index (χ0) is 7.22. The van der Waals surface area contributed by atoms with Crippen molar-refractivity contribution in [1.29, 1.82) is 0 Å². The van der Waals surface area contributed by atoms with Gasteiger partial charge < -0.3 is 14.6 Å². The number of ether oxygens (including phenoxy) is 2. The summed E-state index contributed by atoms with van der Waals surface area (Å²) in [7, 11) is 0. The van der Waals surface area contributed by atoms with E-state index in [1.807, 2.05) is 0 Å². The fourth-order valence-electron chi connectivity index (χ4n) is 3.36. The van der Waals surface area contributed by atoms with Gasteiger partial charge in [-0.2, -0.15) is 0 Å². The maximum atomic E-state index is 9.74. The fourth-order valence-corrected chi connectivity index (χ4v) is 3.36. The maximum Gasteiger partial charge on any atom is 0.164 e. The molecule has 60 valence electrons. The van der Waals surface area contributed by atoms with E-state index >= 15 is 0 Å². The third-order valence-corrected chi connectivity index (χ3v) is 3.96. The largest absolute Gasteiger partial charge is 0.392 e. The molecule has 0 aromatic heterocycles. The summed E-state index contributed by atoms with van der Waals surface area (Å²) in [4.78, 5) is 0. The van der Waals surface area contributed by atoms with Crippen LogP contribution in [0.4, 0.5) is 0 Å². The lowest BCUT2D eigenvalue weighted by Crippen LogP contribution is -2.49. The summed E-state index contributed by atoms with van der Waals surface area (Å²) in [5, 5.41) is 9.74. The van der Waals surface area contributed by atoms with E-state index in [1.165, 1.54) is 0 Å². The Morgan fingerprint density at radius 2 is 2.36 bits per heavy atom. The first kappa shape index (κ1) is 5.51. The van der Waals surface area contributed by atoms with E-state index in [2.05, 4.69) is 0 Å². The Bertz CT molecular complexity index is 241. The molecule has 4 rings (SSSR count). The first-order valence-electron chi connectivity index (χ1n) is 4.30. The Kier molecular flexibility index (Phi) is 0.631. The standard InChI is InChI=1S/C8H10O3/c9-6-3-2-10-7-5(3)8(11-7)1-4(6)8/h3-7,9H,1-2H2. The van der Waals surface area contributed by atoms with Crippen LogP contribution in [0, 0.1) is 17.8 Å². The molecule has 3 heteroatoms. The van der Waals surface area contributed by atoms with E-state index in [4.69, 9.17) is 9.47 Å². The maximum absolute atomic E-state index is 9.74. The predicted molar refractivity (Wildman–Crippen MR) is 34.6 cm³/mol. The van der Waals surface area contributed by atoms with Crippen molar-refractivity contribution in [2.45, 2.75) is 24.4 Å². The summed E-state index contributed by atoms with van der Waals surface area (Å²) >= 11 is 0. The highest BCUT2D eigenvalue weighted by Gasteiger charge is 2.82. The molecule has 6 atom stereocenters. The molecule has 2 saturated heterocycles. The van der Waals surface area contributed by atoms with E-state index in [-0.39, 0.29) is 18.0 Å². The van der Waals surface area contributed by atoms with Gasteiger partial charge in [0.05, 0.1) is 18.3 Å². The van der Waals surface area contributed by atoms with Gasteiger partial charge in [0.1, 0.15) is 0 Å². The number of hydrogen-bond acceptors (Lipinski definition) is 3. The van der Waals surface area contributed by atoms with Gasteiger partial charge in [-0.3, -0.25) is 0 Å². The van der Waals surface area contributed by atoms with Crippen LogP contribution in [0.25, 0.3) is 0 Å². The van der Waals surface area contributed by atoms with E-state index in [1.54, 1.807) is 0 Å². The van der Waals surface area contributed by atoms with Crippen LogP contribution < -0.4 is 0 Å². The molecular weight excluding hydrogens is 144 g/mol. The molecule has 1 spiro atoms. The van der Waals surface area contributed by atoms with Crippen LogP contribution in [0.5, 0.6) is 0 Å². The number of rotatable bonds is 0. The van der Waals surface area contributed by atoms with Crippen molar-refractivity contribution >= 4 is 0 Å². The van der Waals surface area contributed by atoms with Crippen LogP contribution in [-0.2, 0) is 9.47 Å². The second-order valence-electron chi connectivity index (χ2n) is 4.27. The molecule has 2 saturated carbocycles. The van der Waals surface area contributed by atoms with Crippen molar-refractivity contribution in [1.82, 2.24) is 0 Å².